The van der Waals surface area contributed by atoms with Crippen LogP contribution in [0.15, 0.2) is 43.0 Å². The van der Waals surface area contributed by atoms with Crippen molar-refractivity contribution in [2.24, 2.45) is 0 Å². The van der Waals surface area contributed by atoms with E-state index in [0.29, 0.717) is 0 Å². The van der Waals surface area contributed by atoms with Crippen molar-refractivity contribution >= 4 is 23.0 Å². The highest BCUT2D eigenvalue weighted by Crippen LogP contribution is 2.22. The fourth-order valence-electron chi connectivity index (χ4n) is 2.35. The summed E-state index contributed by atoms with van der Waals surface area (Å²) in [5.41, 5.74) is 2.28. The smallest absolute Gasteiger partial charge is 0.115 e. The maximum absolute atomic E-state index is 6.04. The molecule has 3 rings (SSSR count). The van der Waals surface area contributed by atoms with Gasteiger partial charge >= 0.3 is 0 Å². The molecule has 0 aliphatic carbocycles. The predicted molar refractivity (Wildman–Crippen MR) is 77.9 cm³/mol. The molecule has 98 valence electrons. The molecular formula is C14H15ClN4. The lowest BCUT2D eigenvalue weighted by atomic mass is 10.2. The van der Waals surface area contributed by atoms with Gasteiger partial charge in [-0.25, -0.2) is 9.97 Å². The summed E-state index contributed by atoms with van der Waals surface area (Å²) in [5.74, 6) is 0. The predicted octanol–water partition coefficient (Wildman–Crippen LogP) is 2.46. The van der Waals surface area contributed by atoms with Gasteiger partial charge in [-0.05, 0) is 18.2 Å². The van der Waals surface area contributed by atoms with Crippen molar-refractivity contribution in [2.45, 2.75) is 0 Å². The molecule has 0 saturated carbocycles. The van der Waals surface area contributed by atoms with E-state index in [9.17, 15) is 0 Å². The van der Waals surface area contributed by atoms with Crippen molar-refractivity contribution in [2.75, 3.05) is 36.0 Å². The summed E-state index contributed by atoms with van der Waals surface area (Å²) in [4.78, 5) is 12.8. The molecule has 2 aromatic rings. The first-order valence-corrected chi connectivity index (χ1v) is 6.71. The minimum absolute atomic E-state index is 0.788. The van der Waals surface area contributed by atoms with Crippen molar-refractivity contribution in [3.05, 3.63) is 48.0 Å². The number of anilines is 2. The minimum Gasteiger partial charge on any atom is -0.368 e. The second kappa shape index (κ2) is 5.45. The molecule has 1 aromatic heterocycles. The van der Waals surface area contributed by atoms with Crippen molar-refractivity contribution in [1.82, 2.24) is 9.97 Å². The van der Waals surface area contributed by atoms with E-state index in [4.69, 9.17) is 11.6 Å². The van der Waals surface area contributed by atoms with Crippen molar-refractivity contribution in [3.8, 4) is 0 Å². The first kappa shape index (κ1) is 12.2. The third kappa shape index (κ3) is 2.79. The molecule has 0 amide bonds. The number of nitrogens with zero attached hydrogens (tertiary/aromatic N) is 4. The molecule has 0 radical (unpaired) electrons. The number of aromatic nitrogens is 2. The zero-order valence-corrected chi connectivity index (χ0v) is 11.3. The van der Waals surface area contributed by atoms with Gasteiger partial charge in [-0.1, -0.05) is 17.7 Å². The van der Waals surface area contributed by atoms with E-state index in [1.165, 1.54) is 5.69 Å². The maximum atomic E-state index is 6.04. The lowest BCUT2D eigenvalue weighted by Gasteiger charge is -2.37. The first-order valence-electron chi connectivity index (χ1n) is 6.33. The van der Waals surface area contributed by atoms with E-state index in [-0.39, 0.29) is 0 Å². The molecule has 1 fully saturated rings. The summed E-state index contributed by atoms with van der Waals surface area (Å²) in [7, 11) is 0. The van der Waals surface area contributed by atoms with Gasteiger partial charge < -0.3 is 9.80 Å². The number of hydrogen-bond donors (Lipinski definition) is 0. The van der Waals surface area contributed by atoms with E-state index < -0.39 is 0 Å². The van der Waals surface area contributed by atoms with E-state index in [0.717, 1.165) is 36.9 Å². The monoisotopic (exact) mass is 274 g/mol. The SMILES string of the molecule is Clc1cccc(N2CCN(c3cncnc3)CC2)c1. The van der Waals surface area contributed by atoms with Crippen LogP contribution in [0.2, 0.25) is 5.02 Å². The molecule has 1 saturated heterocycles. The Morgan fingerprint density at radius 3 is 2.16 bits per heavy atom. The van der Waals surface area contributed by atoms with Gasteiger partial charge in [0.25, 0.3) is 0 Å². The highest BCUT2D eigenvalue weighted by Gasteiger charge is 2.17. The zero-order chi connectivity index (χ0) is 13.1. The minimum atomic E-state index is 0.788. The van der Waals surface area contributed by atoms with Gasteiger partial charge in [0.2, 0.25) is 0 Å². The van der Waals surface area contributed by atoms with Gasteiger partial charge in [0.05, 0.1) is 18.1 Å². The van der Waals surface area contributed by atoms with Gasteiger partial charge in [-0.2, -0.15) is 0 Å². The number of benzene rings is 1. The lowest BCUT2D eigenvalue weighted by molar-refractivity contribution is 0.651. The highest BCUT2D eigenvalue weighted by molar-refractivity contribution is 6.30. The van der Waals surface area contributed by atoms with Crippen molar-refractivity contribution in [1.29, 1.82) is 0 Å². The van der Waals surface area contributed by atoms with Crippen LogP contribution in [-0.2, 0) is 0 Å². The Morgan fingerprint density at radius 2 is 1.53 bits per heavy atom. The van der Waals surface area contributed by atoms with Gasteiger partial charge in [0.1, 0.15) is 6.33 Å². The Bertz CT molecular complexity index is 538. The normalized spacial score (nSPS) is 15.6. The molecule has 0 bridgehead atoms. The molecular weight excluding hydrogens is 260 g/mol. The Balaban J connectivity index is 1.67. The summed E-state index contributed by atoms with van der Waals surface area (Å²) in [6.07, 6.45) is 5.29. The van der Waals surface area contributed by atoms with Crippen LogP contribution in [-0.4, -0.2) is 36.1 Å². The van der Waals surface area contributed by atoms with Crippen molar-refractivity contribution in [3.63, 3.8) is 0 Å². The van der Waals surface area contributed by atoms with E-state index in [1.807, 2.05) is 30.6 Å². The van der Waals surface area contributed by atoms with Gasteiger partial charge in [-0.15, -0.1) is 0 Å². The highest BCUT2D eigenvalue weighted by atomic mass is 35.5. The molecule has 0 unspecified atom stereocenters. The number of piperazine rings is 1. The Morgan fingerprint density at radius 1 is 0.895 bits per heavy atom. The molecule has 1 aromatic carbocycles. The van der Waals surface area contributed by atoms with E-state index in [1.54, 1.807) is 6.33 Å². The summed E-state index contributed by atoms with van der Waals surface area (Å²) < 4.78 is 0. The molecule has 0 spiro atoms. The van der Waals surface area contributed by atoms with E-state index >= 15 is 0 Å². The lowest BCUT2D eigenvalue weighted by Crippen LogP contribution is -2.46. The quantitative estimate of drug-likeness (QED) is 0.842. The molecule has 1 aliphatic rings. The molecule has 5 heteroatoms. The Labute approximate surface area is 117 Å². The van der Waals surface area contributed by atoms with Crippen LogP contribution in [0.5, 0.6) is 0 Å². The van der Waals surface area contributed by atoms with Crippen LogP contribution in [0.1, 0.15) is 0 Å². The van der Waals surface area contributed by atoms with E-state index in [2.05, 4.69) is 25.8 Å². The van der Waals surface area contributed by atoms with Gasteiger partial charge in [0, 0.05) is 36.9 Å². The maximum Gasteiger partial charge on any atom is 0.115 e. The largest absolute Gasteiger partial charge is 0.368 e. The third-order valence-electron chi connectivity index (χ3n) is 3.37. The standard InChI is InChI=1S/C14H15ClN4/c15-12-2-1-3-13(8-12)18-4-6-19(7-5-18)14-9-16-11-17-10-14/h1-3,8-11H,4-7H2. The van der Waals surface area contributed by atoms with Crippen LogP contribution >= 0.6 is 11.6 Å². The second-order valence-electron chi connectivity index (χ2n) is 4.55. The second-order valence-corrected chi connectivity index (χ2v) is 4.99. The molecule has 0 N–H and O–H groups in total. The van der Waals surface area contributed by atoms with Gasteiger partial charge in [0.15, 0.2) is 0 Å². The molecule has 4 nitrogen and oxygen atoms in total. The average molecular weight is 275 g/mol. The fourth-order valence-corrected chi connectivity index (χ4v) is 2.53. The topological polar surface area (TPSA) is 32.3 Å². The molecule has 1 aliphatic heterocycles. The molecule has 19 heavy (non-hydrogen) atoms. The third-order valence-corrected chi connectivity index (χ3v) is 3.60. The van der Waals surface area contributed by atoms with Crippen LogP contribution < -0.4 is 9.80 Å². The van der Waals surface area contributed by atoms with Crippen LogP contribution in [0, 0.1) is 0 Å². The number of hydrogen-bond acceptors (Lipinski definition) is 4. The fraction of sp³-hybridized carbons (Fsp3) is 0.286. The first-order chi connectivity index (χ1) is 9.33. The van der Waals surface area contributed by atoms with Crippen LogP contribution in [0.25, 0.3) is 0 Å². The van der Waals surface area contributed by atoms with Crippen LogP contribution in [0.4, 0.5) is 11.4 Å². The number of halogens is 1. The van der Waals surface area contributed by atoms with Gasteiger partial charge in [-0.3, -0.25) is 0 Å². The average Bonchev–Trinajstić information content (AvgIpc) is 2.48. The molecule has 2 heterocycles. The summed E-state index contributed by atoms with van der Waals surface area (Å²) in [5, 5.41) is 0.788. The Hall–Kier alpha value is -1.81. The Kier molecular flexibility index (Phi) is 3.51. The summed E-state index contributed by atoms with van der Waals surface area (Å²) >= 11 is 6.04. The summed E-state index contributed by atoms with van der Waals surface area (Å²) in [6, 6.07) is 8.02. The summed E-state index contributed by atoms with van der Waals surface area (Å²) in [6.45, 7) is 3.91. The van der Waals surface area contributed by atoms with Crippen molar-refractivity contribution < 1.29 is 0 Å². The number of rotatable bonds is 2. The molecule has 0 atom stereocenters. The van der Waals surface area contributed by atoms with Crippen LogP contribution in [0.3, 0.4) is 0 Å². The zero-order valence-electron chi connectivity index (χ0n) is 10.5.